The van der Waals surface area contributed by atoms with Gasteiger partial charge < -0.3 is 0 Å². The van der Waals surface area contributed by atoms with Crippen molar-refractivity contribution >= 4 is 28.1 Å². The van der Waals surface area contributed by atoms with Gasteiger partial charge in [0, 0.05) is 11.1 Å². The zero-order chi connectivity index (χ0) is 12.6. The summed E-state index contributed by atoms with van der Waals surface area (Å²) in [6.07, 6.45) is 0.766. The van der Waals surface area contributed by atoms with E-state index in [4.69, 9.17) is 10.8 Å². The fraction of sp³-hybridized carbons (Fsp3) is 0.250. The Morgan fingerprint density at radius 2 is 1.69 bits per heavy atom. The summed E-state index contributed by atoms with van der Waals surface area (Å²) in [5.41, 5.74) is 1.32. The lowest BCUT2D eigenvalue weighted by molar-refractivity contribution is 0.112. The molecule has 0 radical (unpaired) electrons. The maximum absolute atomic E-state index is 10.4. The molecule has 86 valence electrons. The molecule has 0 atom stereocenters. The van der Waals surface area contributed by atoms with E-state index in [0.717, 1.165) is 23.6 Å². The third-order valence-corrected chi connectivity index (χ3v) is 2.31. The Morgan fingerprint density at radius 3 is 2.06 bits per heavy atom. The minimum atomic E-state index is 0.329. The lowest BCUT2D eigenvalue weighted by Crippen LogP contribution is -1.96. The third kappa shape index (κ3) is 4.89. The van der Waals surface area contributed by atoms with E-state index in [2.05, 4.69) is 0 Å². The summed E-state index contributed by atoms with van der Waals surface area (Å²) in [5, 5.41) is 15.6. The van der Waals surface area contributed by atoms with Crippen LogP contribution in [-0.2, 0) is 0 Å². The molecule has 2 N–H and O–H groups in total. The van der Waals surface area contributed by atoms with Crippen LogP contribution >= 0.6 is 11.8 Å². The van der Waals surface area contributed by atoms with Gasteiger partial charge in [-0.2, -0.15) is 0 Å². The maximum atomic E-state index is 10.4. The predicted molar refractivity (Wildman–Crippen MR) is 71.0 cm³/mol. The Morgan fingerprint density at radius 1 is 1.19 bits per heavy atom. The Balaban J connectivity index is 0.00000106. The first kappa shape index (κ1) is 14.6. The van der Waals surface area contributed by atoms with Crippen LogP contribution < -0.4 is 0 Å². The maximum Gasteiger partial charge on any atom is 0.150 e. The molecule has 1 aromatic rings. The molecule has 0 aromatic heterocycles. The highest BCUT2D eigenvalue weighted by Crippen LogP contribution is 2.13. The Bertz CT molecular complexity index is 371. The van der Waals surface area contributed by atoms with Gasteiger partial charge in [-0.05, 0) is 6.92 Å². The molecule has 0 saturated carbocycles. The van der Waals surface area contributed by atoms with E-state index in [-0.39, 0.29) is 0 Å². The molecule has 0 fully saturated rings. The topological polar surface area (TPSA) is 64.8 Å². The summed E-state index contributed by atoms with van der Waals surface area (Å²) in [6.45, 7) is 5.64. The van der Waals surface area contributed by atoms with Crippen molar-refractivity contribution in [3.05, 3.63) is 35.4 Å². The zero-order valence-electron chi connectivity index (χ0n) is 9.70. The van der Waals surface area contributed by atoms with E-state index in [1.54, 1.807) is 31.2 Å². The van der Waals surface area contributed by atoms with Crippen LogP contribution in [0.2, 0.25) is 0 Å². The molecule has 0 saturated heterocycles. The van der Waals surface area contributed by atoms with Crippen LogP contribution in [0.5, 0.6) is 0 Å². The number of aldehydes is 1. The number of benzene rings is 1. The first-order valence-electron chi connectivity index (χ1n) is 5.00. The smallest absolute Gasteiger partial charge is 0.150 e. The summed E-state index contributed by atoms with van der Waals surface area (Å²) in [7, 11) is 0. The number of thioether (sulfide) groups is 1. The first-order valence-corrected chi connectivity index (χ1v) is 5.82. The molecule has 16 heavy (non-hydrogen) atoms. The average Bonchev–Trinajstić information content (AvgIpc) is 2.31. The second-order valence-electron chi connectivity index (χ2n) is 2.73. The molecular formula is C12H16N2OS. The summed E-state index contributed by atoms with van der Waals surface area (Å²) in [6, 6.07) is 6.75. The second kappa shape index (κ2) is 7.82. The number of rotatable bonds is 2. The Labute approximate surface area is 100 Å². The minimum absolute atomic E-state index is 0.329. The van der Waals surface area contributed by atoms with Crippen molar-refractivity contribution in [2.75, 3.05) is 0 Å². The molecule has 0 aliphatic rings. The van der Waals surface area contributed by atoms with Crippen molar-refractivity contribution in [3.8, 4) is 0 Å². The molecule has 1 rings (SSSR count). The fourth-order valence-electron chi connectivity index (χ4n) is 0.925. The van der Waals surface area contributed by atoms with Gasteiger partial charge >= 0.3 is 0 Å². The van der Waals surface area contributed by atoms with Gasteiger partial charge in [0.05, 0.1) is 5.04 Å². The zero-order valence-corrected chi connectivity index (χ0v) is 10.5. The fourth-order valence-corrected chi connectivity index (χ4v) is 1.49. The molecule has 3 nitrogen and oxygen atoms in total. The molecule has 4 heteroatoms. The Hall–Kier alpha value is -1.42. The monoisotopic (exact) mass is 236 g/mol. The highest BCUT2D eigenvalue weighted by molar-refractivity contribution is 8.26. The summed E-state index contributed by atoms with van der Waals surface area (Å²) >= 11 is 1.10. The molecule has 0 aliphatic heterocycles. The van der Waals surface area contributed by atoms with Crippen LogP contribution in [0, 0.1) is 10.8 Å². The van der Waals surface area contributed by atoms with E-state index >= 15 is 0 Å². The van der Waals surface area contributed by atoms with Crippen LogP contribution in [0.25, 0.3) is 0 Å². The van der Waals surface area contributed by atoms with Crippen LogP contribution in [0.4, 0.5) is 0 Å². The van der Waals surface area contributed by atoms with E-state index < -0.39 is 0 Å². The summed E-state index contributed by atoms with van der Waals surface area (Å²) in [4.78, 5) is 10.4. The lowest BCUT2D eigenvalue weighted by Gasteiger charge is -2.01. The van der Waals surface area contributed by atoms with Crippen LogP contribution in [0.3, 0.4) is 0 Å². The summed E-state index contributed by atoms with van der Waals surface area (Å²) in [5.74, 6) is 0. The van der Waals surface area contributed by atoms with Gasteiger partial charge in [0.25, 0.3) is 0 Å². The number of carbonyl (C=O) groups is 1. The number of carbonyl (C=O) groups excluding carboxylic acids is 1. The first-order chi connectivity index (χ1) is 7.63. The van der Waals surface area contributed by atoms with Crippen molar-refractivity contribution in [3.63, 3.8) is 0 Å². The molecule has 0 amide bonds. The van der Waals surface area contributed by atoms with Gasteiger partial charge in [-0.25, -0.2) is 0 Å². The van der Waals surface area contributed by atoms with Crippen molar-refractivity contribution in [2.45, 2.75) is 20.8 Å². The second-order valence-corrected chi connectivity index (χ2v) is 3.95. The van der Waals surface area contributed by atoms with Crippen molar-refractivity contribution in [1.82, 2.24) is 0 Å². The minimum Gasteiger partial charge on any atom is -0.298 e. The molecule has 1 aromatic carbocycles. The standard InChI is InChI=1S/C10H10N2OS.C2H6/c1-7(11)14-10(12)9-4-2-8(6-13)3-5-9;1-2/h2-6,11-12H,1H3;1-2H3. The normalized spacial score (nSPS) is 8.69. The van der Waals surface area contributed by atoms with Crippen LogP contribution in [0.15, 0.2) is 24.3 Å². The molecule has 0 aliphatic carbocycles. The van der Waals surface area contributed by atoms with Crippen molar-refractivity contribution in [2.24, 2.45) is 0 Å². The van der Waals surface area contributed by atoms with Gasteiger partial charge in [-0.3, -0.25) is 15.6 Å². The highest BCUT2D eigenvalue weighted by Gasteiger charge is 2.02. The lowest BCUT2D eigenvalue weighted by atomic mass is 10.2. The number of nitrogens with one attached hydrogen (secondary N) is 2. The van der Waals surface area contributed by atoms with E-state index in [9.17, 15) is 4.79 Å². The van der Waals surface area contributed by atoms with Gasteiger partial charge in [0.15, 0.2) is 0 Å². The van der Waals surface area contributed by atoms with Crippen LogP contribution in [-0.4, -0.2) is 16.4 Å². The highest BCUT2D eigenvalue weighted by atomic mass is 32.2. The molecule has 0 unspecified atom stereocenters. The van der Waals surface area contributed by atoms with Gasteiger partial charge in [-0.15, -0.1) is 0 Å². The SMILES string of the molecule is CC.CC(=N)SC(=N)c1ccc(C=O)cc1. The quantitative estimate of drug-likeness (QED) is 0.468. The Kier molecular flexibility index (Phi) is 7.12. The predicted octanol–water partition coefficient (Wildman–Crippen LogP) is 3.58. The van der Waals surface area contributed by atoms with Gasteiger partial charge in [-0.1, -0.05) is 49.9 Å². The van der Waals surface area contributed by atoms with E-state index in [1.165, 1.54) is 0 Å². The van der Waals surface area contributed by atoms with E-state index in [1.807, 2.05) is 13.8 Å². The number of hydrogen-bond donors (Lipinski definition) is 2. The molecule has 0 bridgehead atoms. The van der Waals surface area contributed by atoms with Crippen LogP contribution in [0.1, 0.15) is 36.7 Å². The third-order valence-electron chi connectivity index (χ3n) is 1.56. The summed E-state index contributed by atoms with van der Waals surface area (Å²) < 4.78 is 0. The van der Waals surface area contributed by atoms with Crippen molar-refractivity contribution in [1.29, 1.82) is 10.8 Å². The van der Waals surface area contributed by atoms with Gasteiger partial charge in [0.1, 0.15) is 11.3 Å². The molecule has 0 heterocycles. The van der Waals surface area contributed by atoms with Gasteiger partial charge in [0.2, 0.25) is 0 Å². The number of hydrogen-bond acceptors (Lipinski definition) is 4. The average molecular weight is 236 g/mol. The molecular weight excluding hydrogens is 220 g/mol. The van der Waals surface area contributed by atoms with E-state index in [0.29, 0.717) is 15.7 Å². The largest absolute Gasteiger partial charge is 0.298 e. The molecule has 0 spiro atoms. The van der Waals surface area contributed by atoms with Crippen molar-refractivity contribution < 1.29 is 4.79 Å².